The smallest absolute Gasteiger partial charge is 0.280 e. The second-order valence-electron chi connectivity index (χ2n) is 6.42. The molecule has 4 rings (SSSR count). The molecule has 0 aliphatic rings. The van der Waals surface area contributed by atoms with Crippen LogP contribution in [0.4, 0.5) is 5.69 Å². The Bertz CT molecular complexity index is 1080. The Hall–Kier alpha value is -3.78. The lowest BCUT2D eigenvalue weighted by Gasteiger charge is -2.29. The lowest BCUT2D eigenvalue weighted by atomic mass is 10.1. The van der Waals surface area contributed by atoms with Gasteiger partial charge in [-0.1, -0.05) is 53.0 Å². The normalized spacial score (nSPS) is 11.6. The minimum atomic E-state index is -1.01. The summed E-state index contributed by atoms with van der Waals surface area (Å²) in [6.45, 7) is 0.325. The van der Waals surface area contributed by atoms with Crippen molar-refractivity contribution in [2.75, 3.05) is 4.90 Å². The molecule has 0 radical (unpaired) electrons. The van der Waals surface area contributed by atoms with Crippen molar-refractivity contribution in [2.24, 2.45) is 0 Å². The fourth-order valence-electron chi connectivity index (χ4n) is 3.06. The summed E-state index contributed by atoms with van der Waals surface area (Å²) in [5.41, 5.74) is 1.66. The van der Waals surface area contributed by atoms with E-state index in [4.69, 9.17) is 4.42 Å². The van der Waals surface area contributed by atoms with E-state index in [0.29, 0.717) is 18.0 Å². The Morgan fingerprint density at radius 1 is 1.00 bits per heavy atom. The standard InChI is InChI=1S/C22H18N4O3S/c27-21(23-14-16-8-3-1-4-9-16)20(19-12-7-13-29-19)26(17-10-5-2-6-11-17)22(28)18-15-30-25-24-18/h1-13,15,20H,14H2,(H,23,27)/t20-/m1/s1. The molecule has 2 aromatic heterocycles. The fraction of sp³-hybridized carbons (Fsp3) is 0.0909. The summed E-state index contributed by atoms with van der Waals surface area (Å²) in [6, 6.07) is 20.9. The second-order valence-corrected chi connectivity index (χ2v) is 7.03. The molecule has 30 heavy (non-hydrogen) atoms. The third-order valence-electron chi connectivity index (χ3n) is 4.46. The summed E-state index contributed by atoms with van der Waals surface area (Å²) >= 11 is 1.07. The van der Waals surface area contributed by atoms with E-state index in [2.05, 4.69) is 14.9 Å². The van der Waals surface area contributed by atoms with Crippen molar-refractivity contribution in [1.29, 1.82) is 0 Å². The molecule has 0 fully saturated rings. The van der Waals surface area contributed by atoms with Crippen LogP contribution in [0.1, 0.15) is 27.9 Å². The number of nitrogens with one attached hydrogen (secondary N) is 1. The number of hydrogen-bond donors (Lipinski definition) is 1. The van der Waals surface area contributed by atoms with Crippen molar-refractivity contribution in [3.05, 3.63) is 101 Å². The van der Waals surface area contributed by atoms with Crippen LogP contribution >= 0.6 is 11.5 Å². The number of furan rings is 1. The van der Waals surface area contributed by atoms with Gasteiger partial charge in [0.1, 0.15) is 5.76 Å². The van der Waals surface area contributed by atoms with Crippen LogP contribution in [0.5, 0.6) is 0 Å². The number of carbonyl (C=O) groups excluding carboxylic acids is 2. The van der Waals surface area contributed by atoms with Crippen LogP contribution in [0.3, 0.4) is 0 Å². The largest absolute Gasteiger partial charge is 0.467 e. The van der Waals surface area contributed by atoms with Gasteiger partial charge in [-0.2, -0.15) is 0 Å². The van der Waals surface area contributed by atoms with Gasteiger partial charge in [0.25, 0.3) is 11.8 Å². The van der Waals surface area contributed by atoms with Crippen molar-refractivity contribution in [3.63, 3.8) is 0 Å². The zero-order valence-corrected chi connectivity index (χ0v) is 16.7. The minimum Gasteiger partial charge on any atom is -0.467 e. The minimum absolute atomic E-state index is 0.163. The second kappa shape index (κ2) is 9.15. The summed E-state index contributed by atoms with van der Waals surface area (Å²) in [5, 5.41) is 8.36. The Morgan fingerprint density at radius 2 is 1.73 bits per heavy atom. The molecular weight excluding hydrogens is 400 g/mol. The Kier molecular flexibility index (Phi) is 5.95. The molecule has 2 amide bonds. The first-order valence-corrected chi connectivity index (χ1v) is 10.1. The van der Waals surface area contributed by atoms with Crippen LogP contribution in [-0.4, -0.2) is 21.4 Å². The SMILES string of the molecule is O=C(NCc1ccccc1)[C@@H](c1ccco1)N(C(=O)c1csnn1)c1ccccc1. The predicted molar refractivity (Wildman–Crippen MR) is 113 cm³/mol. The molecule has 0 saturated carbocycles. The summed E-state index contributed by atoms with van der Waals surface area (Å²) in [7, 11) is 0. The summed E-state index contributed by atoms with van der Waals surface area (Å²) in [4.78, 5) is 28.0. The summed E-state index contributed by atoms with van der Waals surface area (Å²) in [6.07, 6.45) is 1.48. The van der Waals surface area contributed by atoms with Crippen molar-refractivity contribution in [2.45, 2.75) is 12.6 Å². The van der Waals surface area contributed by atoms with Gasteiger partial charge >= 0.3 is 0 Å². The molecule has 150 valence electrons. The first-order chi connectivity index (χ1) is 14.7. The lowest BCUT2D eigenvalue weighted by Crippen LogP contribution is -2.44. The van der Waals surface area contributed by atoms with Gasteiger partial charge in [-0.3, -0.25) is 14.5 Å². The topological polar surface area (TPSA) is 88.3 Å². The Balaban J connectivity index is 1.70. The molecule has 0 bridgehead atoms. The molecule has 2 aromatic carbocycles. The van der Waals surface area contributed by atoms with Crippen LogP contribution < -0.4 is 10.2 Å². The van der Waals surface area contributed by atoms with Gasteiger partial charge < -0.3 is 9.73 Å². The van der Waals surface area contributed by atoms with E-state index in [9.17, 15) is 9.59 Å². The molecule has 1 N–H and O–H groups in total. The van der Waals surface area contributed by atoms with Gasteiger partial charge in [0.15, 0.2) is 11.7 Å². The van der Waals surface area contributed by atoms with E-state index in [1.54, 1.807) is 41.8 Å². The summed E-state index contributed by atoms with van der Waals surface area (Å²) in [5.74, 6) is -0.457. The van der Waals surface area contributed by atoms with Crippen LogP contribution in [0, 0.1) is 0 Å². The van der Waals surface area contributed by atoms with Crippen molar-refractivity contribution < 1.29 is 14.0 Å². The van der Waals surface area contributed by atoms with Gasteiger partial charge in [0.2, 0.25) is 0 Å². The highest BCUT2D eigenvalue weighted by Gasteiger charge is 2.36. The summed E-state index contributed by atoms with van der Waals surface area (Å²) < 4.78 is 9.33. The first kappa shape index (κ1) is 19.5. The molecule has 7 nitrogen and oxygen atoms in total. The van der Waals surface area contributed by atoms with Crippen molar-refractivity contribution in [3.8, 4) is 0 Å². The number of anilines is 1. The van der Waals surface area contributed by atoms with Crippen LogP contribution in [0.15, 0.2) is 88.9 Å². The molecular formula is C22H18N4O3S. The fourth-order valence-corrected chi connectivity index (χ4v) is 3.49. The van der Waals surface area contributed by atoms with Crippen molar-refractivity contribution in [1.82, 2.24) is 14.9 Å². The molecule has 1 atom stereocenters. The van der Waals surface area contributed by atoms with E-state index in [1.165, 1.54) is 11.2 Å². The molecule has 0 spiro atoms. The maximum atomic E-state index is 13.3. The monoisotopic (exact) mass is 418 g/mol. The van der Waals surface area contributed by atoms with Crippen LogP contribution in [0.2, 0.25) is 0 Å². The van der Waals surface area contributed by atoms with Gasteiger partial charge in [0.05, 0.1) is 6.26 Å². The average molecular weight is 418 g/mol. The maximum absolute atomic E-state index is 13.3. The van der Waals surface area contributed by atoms with E-state index < -0.39 is 11.9 Å². The third-order valence-corrected chi connectivity index (χ3v) is 4.97. The third kappa shape index (κ3) is 4.28. The van der Waals surface area contributed by atoms with E-state index in [0.717, 1.165) is 17.1 Å². The maximum Gasteiger partial charge on any atom is 0.280 e. The van der Waals surface area contributed by atoms with Gasteiger partial charge in [0, 0.05) is 17.6 Å². The quantitative estimate of drug-likeness (QED) is 0.493. The molecule has 0 saturated heterocycles. The number of amides is 2. The molecule has 8 heteroatoms. The molecule has 4 aromatic rings. The van der Waals surface area contributed by atoms with Gasteiger partial charge in [-0.25, -0.2) is 0 Å². The number of rotatable bonds is 7. The highest BCUT2D eigenvalue weighted by molar-refractivity contribution is 7.03. The Morgan fingerprint density at radius 3 is 2.37 bits per heavy atom. The number of hydrogen-bond acceptors (Lipinski definition) is 6. The van der Waals surface area contributed by atoms with Crippen LogP contribution in [-0.2, 0) is 11.3 Å². The first-order valence-electron chi connectivity index (χ1n) is 9.25. The predicted octanol–water partition coefficient (Wildman–Crippen LogP) is 3.84. The molecule has 2 heterocycles. The number of para-hydroxylation sites is 1. The zero-order chi connectivity index (χ0) is 20.8. The zero-order valence-electron chi connectivity index (χ0n) is 15.8. The Labute approximate surface area is 177 Å². The van der Waals surface area contributed by atoms with E-state index >= 15 is 0 Å². The number of aromatic nitrogens is 2. The molecule has 0 aliphatic carbocycles. The van der Waals surface area contributed by atoms with E-state index in [1.807, 2.05) is 36.4 Å². The number of nitrogens with zero attached hydrogens (tertiary/aromatic N) is 3. The molecule has 0 unspecified atom stereocenters. The highest BCUT2D eigenvalue weighted by atomic mass is 32.1. The molecule has 0 aliphatic heterocycles. The number of benzene rings is 2. The van der Waals surface area contributed by atoms with Crippen molar-refractivity contribution >= 4 is 29.0 Å². The van der Waals surface area contributed by atoms with E-state index in [-0.39, 0.29) is 11.6 Å². The number of carbonyl (C=O) groups is 2. The lowest BCUT2D eigenvalue weighted by molar-refractivity contribution is -0.123. The van der Waals surface area contributed by atoms with Crippen LogP contribution in [0.25, 0.3) is 0 Å². The highest BCUT2D eigenvalue weighted by Crippen LogP contribution is 2.30. The van der Waals surface area contributed by atoms with Gasteiger partial charge in [-0.05, 0) is 41.4 Å². The average Bonchev–Trinajstić information content (AvgIpc) is 3.51. The van der Waals surface area contributed by atoms with Gasteiger partial charge in [-0.15, -0.1) is 5.10 Å².